The van der Waals surface area contributed by atoms with E-state index < -0.39 is 0 Å². The molecule has 0 aliphatic carbocycles. The maximum atomic E-state index is 12.7. The summed E-state index contributed by atoms with van der Waals surface area (Å²) < 4.78 is 7.01. The average molecular weight is 453 g/mol. The fourth-order valence-electron chi connectivity index (χ4n) is 3.25. The Morgan fingerprint density at radius 3 is 2.68 bits per heavy atom. The van der Waals surface area contributed by atoms with Crippen LogP contribution in [0.1, 0.15) is 18.9 Å². The van der Waals surface area contributed by atoms with Crippen LogP contribution < -0.4 is 0 Å². The Kier molecular flexibility index (Phi) is 6.84. The Bertz CT molecular complexity index is 1180. The average Bonchev–Trinajstić information content (AvgIpc) is 3.22. The van der Waals surface area contributed by atoms with Crippen molar-refractivity contribution in [2.45, 2.75) is 30.0 Å². The monoisotopic (exact) mass is 452 g/mol. The lowest BCUT2D eigenvalue weighted by molar-refractivity contribution is -0.142. The maximum Gasteiger partial charge on any atom is 0.319 e. The highest BCUT2D eigenvalue weighted by Crippen LogP contribution is 2.32. The number of ether oxygens (including phenoxy) is 1. The fourth-order valence-corrected chi connectivity index (χ4v) is 4.52. The van der Waals surface area contributed by atoms with E-state index in [1.54, 1.807) is 10.9 Å². The number of fused-ring (bicyclic) bond motifs is 1. The lowest BCUT2D eigenvalue weighted by Crippen LogP contribution is -2.21. The molecule has 31 heavy (non-hydrogen) atoms. The summed E-state index contributed by atoms with van der Waals surface area (Å²) >= 11 is 7.73. The summed E-state index contributed by atoms with van der Waals surface area (Å²) in [5.74, 6) is -0.242. The molecule has 0 amide bonds. The van der Waals surface area contributed by atoms with Crippen molar-refractivity contribution in [2.24, 2.45) is 0 Å². The summed E-state index contributed by atoms with van der Waals surface area (Å²) in [6.07, 6.45) is 4.60. The second-order valence-corrected chi connectivity index (χ2v) is 8.41. The molecule has 0 N–H and O–H groups in total. The van der Waals surface area contributed by atoms with Gasteiger partial charge in [-0.15, -0.1) is 0 Å². The maximum absolute atomic E-state index is 12.7. The van der Waals surface area contributed by atoms with Gasteiger partial charge in [0.15, 0.2) is 5.65 Å². The van der Waals surface area contributed by atoms with E-state index in [1.807, 2.05) is 49.4 Å². The summed E-state index contributed by atoms with van der Waals surface area (Å²) in [6.45, 7) is 2.15. The van der Waals surface area contributed by atoms with Crippen molar-refractivity contribution in [3.63, 3.8) is 0 Å². The predicted octanol–water partition coefficient (Wildman–Crippen LogP) is 5.13. The molecular formula is C23H21ClN4O2S. The standard InChI is InChI=1S/C23H21ClN4O2S/c1-2-30-23(29)20(13-12-16-8-4-3-5-9-16)31-22-17-14-27-28(21(17)25-15-26-22)19-11-7-6-10-18(19)24/h3-11,14-15,20H,2,12-13H2,1H3. The molecule has 4 rings (SSSR count). The number of carbonyl (C=O) groups excluding carboxylic acids is 1. The first kappa shape index (κ1) is 21.3. The first-order valence-electron chi connectivity index (χ1n) is 9.98. The molecule has 0 saturated heterocycles. The Labute approximate surface area is 189 Å². The lowest BCUT2D eigenvalue weighted by Gasteiger charge is -2.15. The zero-order valence-corrected chi connectivity index (χ0v) is 18.5. The number of carbonyl (C=O) groups is 1. The zero-order valence-electron chi connectivity index (χ0n) is 16.9. The van der Waals surface area contributed by atoms with Gasteiger partial charge in [0, 0.05) is 0 Å². The third-order valence-corrected chi connectivity index (χ3v) is 6.33. The highest BCUT2D eigenvalue weighted by Gasteiger charge is 2.24. The van der Waals surface area contributed by atoms with Crippen LogP contribution >= 0.6 is 23.4 Å². The van der Waals surface area contributed by atoms with Gasteiger partial charge in [-0.25, -0.2) is 14.6 Å². The SMILES string of the molecule is CCOC(=O)C(CCc1ccccc1)Sc1ncnc2c1cnn2-c1ccccc1Cl. The van der Waals surface area contributed by atoms with E-state index in [1.165, 1.54) is 23.7 Å². The van der Waals surface area contributed by atoms with E-state index >= 15 is 0 Å². The van der Waals surface area contributed by atoms with Gasteiger partial charge in [-0.2, -0.15) is 5.10 Å². The number of benzene rings is 2. The highest BCUT2D eigenvalue weighted by molar-refractivity contribution is 8.00. The van der Waals surface area contributed by atoms with Gasteiger partial charge in [-0.3, -0.25) is 4.79 Å². The molecule has 1 unspecified atom stereocenters. The number of nitrogens with zero attached hydrogens (tertiary/aromatic N) is 4. The summed E-state index contributed by atoms with van der Waals surface area (Å²) in [5, 5.41) is 6.11. The number of para-hydroxylation sites is 1. The van der Waals surface area contributed by atoms with E-state index in [9.17, 15) is 4.79 Å². The highest BCUT2D eigenvalue weighted by atomic mass is 35.5. The quantitative estimate of drug-likeness (QED) is 0.210. The van der Waals surface area contributed by atoms with Crippen LogP contribution in [0.15, 0.2) is 72.1 Å². The van der Waals surface area contributed by atoms with Crippen molar-refractivity contribution in [3.8, 4) is 5.69 Å². The molecule has 6 nitrogen and oxygen atoms in total. The number of rotatable bonds is 8. The van der Waals surface area contributed by atoms with Crippen molar-refractivity contribution >= 4 is 40.4 Å². The minimum absolute atomic E-state index is 0.242. The van der Waals surface area contributed by atoms with Crippen molar-refractivity contribution < 1.29 is 9.53 Å². The van der Waals surface area contributed by atoms with Crippen LogP contribution in [-0.4, -0.2) is 37.6 Å². The molecule has 2 aromatic carbocycles. The van der Waals surface area contributed by atoms with E-state index in [-0.39, 0.29) is 11.2 Å². The van der Waals surface area contributed by atoms with Crippen molar-refractivity contribution in [1.29, 1.82) is 0 Å². The summed E-state index contributed by atoms with van der Waals surface area (Å²) in [5.41, 5.74) is 2.55. The first-order chi connectivity index (χ1) is 15.2. The van der Waals surface area contributed by atoms with Crippen molar-refractivity contribution in [3.05, 3.63) is 77.7 Å². The van der Waals surface area contributed by atoms with Crippen molar-refractivity contribution in [1.82, 2.24) is 19.7 Å². The van der Waals surface area contributed by atoms with Gasteiger partial charge in [-0.05, 0) is 37.5 Å². The second kappa shape index (κ2) is 9.94. The molecule has 158 valence electrons. The van der Waals surface area contributed by atoms with Gasteiger partial charge in [0.1, 0.15) is 16.6 Å². The number of esters is 1. The molecule has 0 fully saturated rings. The minimum Gasteiger partial charge on any atom is -0.465 e. The number of aryl methyl sites for hydroxylation is 1. The molecule has 8 heteroatoms. The molecule has 1 atom stereocenters. The first-order valence-corrected chi connectivity index (χ1v) is 11.2. The number of hydrogen-bond acceptors (Lipinski definition) is 6. The van der Waals surface area contributed by atoms with Crippen LogP contribution in [-0.2, 0) is 16.0 Å². The topological polar surface area (TPSA) is 69.9 Å². The number of thioether (sulfide) groups is 1. The summed E-state index contributed by atoms with van der Waals surface area (Å²) in [4.78, 5) is 21.5. The molecule has 0 bridgehead atoms. The summed E-state index contributed by atoms with van der Waals surface area (Å²) in [6, 6.07) is 17.5. The molecule has 0 saturated carbocycles. The largest absolute Gasteiger partial charge is 0.465 e. The number of aromatic nitrogens is 4. The smallest absolute Gasteiger partial charge is 0.319 e. The van der Waals surface area contributed by atoms with Gasteiger partial charge in [0.25, 0.3) is 0 Å². The van der Waals surface area contributed by atoms with Gasteiger partial charge in [0.05, 0.1) is 28.9 Å². The molecular weight excluding hydrogens is 432 g/mol. The van der Waals surface area contributed by atoms with Crippen molar-refractivity contribution in [2.75, 3.05) is 6.61 Å². The fraction of sp³-hybridized carbons (Fsp3) is 0.217. The van der Waals surface area contributed by atoms with Gasteiger partial charge >= 0.3 is 5.97 Å². The third kappa shape index (κ3) is 4.89. The molecule has 2 heterocycles. The summed E-state index contributed by atoms with van der Waals surface area (Å²) in [7, 11) is 0. The molecule has 0 aliphatic rings. The second-order valence-electron chi connectivity index (χ2n) is 6.81. The van der Waals surface area contributed by atoms with Crippen LogP contribution in [0, 0.1) is 0 Å². The van der Waals surface area contributed by atoms with Crippen LogP contribution in [0.2, 0.25) is 5.02 Å². The van der Waals surface area contributed by atoms with E-state index in [4.69, 9.17) is 16.3 Å². The molecule has 0 aliphatic heterocycles. The number of hydrogen-bond donors (Lipinski definition) is 0. The Morgan fingerprint density at radius 2 is 1.90 bits per heavy atom. The predicted molar refractivity (Wildman–Crippen MR) is 123 cm³/mol. The van der Waals surface area contributed by atoms with Gasteiger partial charge in [0.2, 0.25) is 0 Å². The van der Waals surface area contributed by atoms with Crippen LogP contribution in [0.5, 0.6) is 0 Å². The van der Waals surface area contributed by atoms with Gasteiger partial charge < -0.3 is 4.74 Å². The molecule has 0 spiro atoms. The van der Waals surface area contributed by atoms with E-state index in [2.05, 4.69) is 27.2 Å². The Hall–Kier alpha value is -2.90. The third-order valence-electron chi connectivity index (χ3n) is 4.75. The lowest BCUT2D eigenvalue weighted by atomic mass is 10.1. The Balaban J connectivity index is 1.62. The van der Waals surface area contributed by atoms with E-state index in [0.29, 0.717) is 28.7 Å². The Morgan fingerprint density at radius 1 is 1.13 bits per heavy atom. The van der Waals surface area contributed by atoms with E-state index in [0.717, 1.165) is 17.5 Å². The number of halogens is 1. The minimum atomic E-state index is -0.387. The molecule has 2 aromatic heterocycles. The van der Waals surface area contributed by atoms with Crippen LogP contribution in [0.3, 0.4) is 0 Å². The normalized spacial score (nSPS) is 12.1. The van der Waals surface area contributed by atoms with Crippen LogP contribution in [0.4, 0.5) is 0 Å². The zero-order chi connectivity index (χ0) is 21.6. The van der Waals surface area contributed by atoms with Crippen LogP contribution in [0.25, 0.3) is 16.7 Å². The molecule has 4 aromatic rings. The van der Waals surface area contributed by atoms with Gasteiger partial charge in [-0.1, -0.05) is 65.8 Å². The molecule has 0 radical (unpaired) electrons.